The van der Waals surface area contributed by atoms with Crippen LogP contribution in [0, 0.1) is 20.6 Å². The molecule has 0 heterocycles. The summed E-state index contributed by atoms with van der Waals surface area (Å²) in [6, 6.07) is 3.32. The van der Waals surface area contributed by atoms with Crippen LogP contribution in [0.25, 0.3) is 0 Å². The molecule has 0 bridgehead atoms. The standard InChI is InChI=1S/C8H9IN2O2/c1-5-2-6(4-10)8(11(12)13)3-7(5)9/h2-3H,4,10H2,1H3. The highest BCUT2D eigenvalue weighted by atomic mass is 127. The maximum absolute atomic E-state index is 10.6. The minimum atomic E-state index is -0.399. The molecule has 0 aliphatic carbocycles. The number of rotatable bonds is 2. The zero-order valence-corrected chi connectivity index (χ0v) is 9.24. The van der Waals surface area contributed by atoms with Crippen molar-refractivity contribution in [3.8, 4) is 0 Å². The average molecular weight is 292 g/mol. The smallest absolute Gasteiger partial charge is 0.274 e. The van der Waals surface area contributed by atoms with E-state index in [4.69, 9.17) is 5.73 Å². The first kappa shape index (κ1) is 10.4. The Kier molecular flexibility index (Phi) is 3.21. The third-order valence-electron chi connectivity index (χ3n) is 1.78. The third-order valence-corrected chi connectivity index (χ3v) is 2.94. The number of hydrogen-bond acceptors (Lipinski definition) is 3. The largest absolute Gasteiger partial charge is 0.326 e. The summed E-state index contributed by atoms with van der Waals surface area (Å²) in [7, 11) is 0. The molecule has 4 nitrogen and oxygen atoms in total. The maximum Gasteiger partial charge on any atom is 0.274 e. The van der Waals surface area contributed by atoms with Gasteiger partial charge in [0.05, 0.1) is 4.92 Å². The molecule has 5 heteroatoms. The summed E-state index contributed by atoms with van der Waals surface area (Å²) in [6.45, 7) is 2.11. The average Bonchev–Trinajstić information content (AvgIpc) is 2.08. The van der Waals surface area contributed by atoms with Crippen LogP contribution >= 0.6 is 22.6 Å². The molecule has 2 N–H and O–H groups in total. The van der Waals surface area contributed by atoms with Gasteiger partial charge in [-0.3, -0.25) is 10.1 Å². The Bertz CT molecular complexity index is 352. The van der Waals surface area contributed by atoms with Gasteiger partial charge in [0, 0.05) is 21.7 Å². The van der Waals surface area contributed by atoms with Crippen molar-refractivity contribution in [3.05, 3.63) is 36.9 Å². The van der Waals surface area contributed by atoms with Crippen LogP contribution in [-0.2, 0) is 6.54 Å². The number of aryl methyl sites for hydroxylation is 1. The van der Waals surface area contributed by atoms with Crippen molar-refractivity contribution in [1.29, 1.82) is 0 Å². The summed E-state index contributed by atoms with van der Waals surface area (Å²) in [5.41, 5.74) is 7.12. The van der Waals surface area contributed by atoms with Gasteiger partial charge in [0.2, 0.25) is 0 Å². The first-order valence-electron chi connectivity index (χ1n) is 3.69. The Morgan fingerprint density at radius 1 is 1.62 bits per heavy atom. The fourth-order valence-electron chi connectivity index (χ4n) is 1.06. The van der Waals surface area contributed by atoms with E-state index in [2.05, 4.69) is 22.6 Å². The molecule has 1 aromatic carbocycles. The lowest BCUT2D eigenvalue weighted by molar-refractivity contribution is -0.385. The second kappa shape index (κ2) is 4.01. The molecule has 0 aliphatic rings. The van der Waals surface area contributed by atoms with Crippen molar-refractivity contribution in [2.45, 2.75) is 13.5 Å². The Morgan fingerprint density at radius 3 is 2.69 bits per heavy atom. The predicted octanol–water partition coefficient (Wildman–Crippen LogP) is 1.97. The second-order valence-corrected chi connectivity index (χ2v) is 3.85. The SMILES string of the molecule is Cc1cc(CN)c([N+](=O)[O-])cc1I. The lowest BCUT2D eigenvalue weighted by atomic mass is 10.1. The summed E-state index contributed by atoms with van der Waals surface area (Å²) in [5, 5.41) is 10.6. The van der Waals surface area contributed by atoms with Crippen molar-refractivity contribution in [2.75, 3.05) is 0 Å². The Morgan fingerprint density at radius 2 is 2.23 bits per heavy atom. The topological polar surface area (TPSA) is 69.2 Å². The molecule has 0 aromatic heterocycles. The van der Waals surface area contributed by atoms with Gasteiger partial charge in [0.15, 0.2) is 0 Å². The van der Waals surface area contributed by atoms with Gasteiger partial charge in [-0.2, -0.15) is 0 Å². The molecule has 0 atom stereocenters. The zero-order valence-electron chi connectivity index (χ0n) is 7.08. The van der Waals surface area contributed by atoms with E-state index in [-0.39, 0.29) is 12.2 Å². The van der Waals surface area contributed by atoms with Gasteiger partial charge in [0.1, 0.15) is 0 Å². The summed E-state index contributed by atoms with van der Waals surface area (Å²) < 4.78 is 0.890. The van der Waals surface area contributed by atoms with Crippen LogP contribution in [-0.4, -0.2) is 4.92 Å². The van der Waals surface area contributed by atoms with Crippen LogP contribution in [0.1, 0.15) is 11.1 Å². The predicted molar refractivity (Wildman–Crippen MR) is 58.4 cm³/mol. The molecule has 0 aliphatic heterocycles. The Labute approximate surface area is 89.4 Å². The monoisotopic (exact) mass is 292 g/mol. The summed E-state index contributed by atoms with van der Waals surface area (Å²) in [5.74, 6) is 0. The highest BCUT2D eigenvalue weighted by molar-refractivity contribution is 14.1. The molecule has 0 amide bonds. The second-order valence-electron chi connectivity index (χ2n) is 2.69. The molecule has 0 fully saturated rings. The van der Waals surface area contributed by atoms with Gasteiger partial charge < -0.3 is 5.73 Å². The van der Waals surface area contributed by atoms with E-state index in [1.807, 2.05) is 6.92 Å². The molecule has 0 saturated carbocycles. The molecule has 0 spiro atoms. The lowest BCUT2D eigenvalue weighted by Gasteiger charge is -2.03. The van der Waals surface area contributed by atoms with Gasteiger partial charge in [0.25, 0.3) is 5.69 Å². The van der Waals surface area contributed by atoms with Crippen LogP contribution < -0.4 is 5.73 Å². The highest BCUT2D eigenvalue weighted by Gasteiger charge is 2.14. The van der Waals surface area contributed by atoms with Crippen LogP contribution in [0.5, 0.6) is 0 Å². The minimum Gasteiger partial charge on any atom is -0.326 e. The number of nitrogens with zero attached hydrogens (tertiary/aromatic N) is 1. The fraction of sp³-hybridized carbons (Fsp3) is 0.250. The summed E-state index contributed by atoms with van der Waals surface area (Å²) in [4.78, 5) is 10.2. The molecule has 0 saturated heterocycles. The van der Waals surface area contributed by atoms with Crippen molar-refractivity contribution in [1.82, 2.24) is 0 Å². The molecular weight excluding hydrogens is 283 g/mol. The molecule has 13 heavy (non-hydrogen) atoms. The first-order valence-corrected chi connectivity index (χ1v) is 4.77. The first-order chi connectivity index (χ1) is 6.06. The minimum absolute atomic E-state index is 0.109. The number of nitro benzene ring substituents is 1. The molecule has 0 radical (unpaired) electrons. The van der Waals surface area contributed by atoms with Gasteiger partial charge in [-0.25, -0.2) is 0 Å². The van der Waals surface area contributed by atoms with E-state index in [0.717, 1.165) is 9.13 Å². The van der Waals surface area contributed by atoms with E-state index in [9.17, 15) is 10.1 Å². The Hall–Kier alpha value is -0.690. The van der Waals surface area contributed by atoms with E-state index < -0.39 is 4.92 Å². The lowest BCUT2D eigenvalue weighted by Crippen LogP contribution is -2.03. The quantitative estimate of drug-likeness (QED) is 0.514. The van der Waals surface area contributed by atoms with Crippen molar-refractivity contribution in [3.63, 3.8) is 0 Å². The van der Waals surface area contributed by atoms with Crippen LogP contribution in [0.15, 0.2) is 12.1 Å². The van der Waals surface area contributed by atoms with E-state index in [0.29, 0.717) is 5.56 Å². The number of halogens is 1. The van der Waals surface area contributed by atoms with Gasteiger partial charge in [-0.15, -0.1) is 0 Å². The van der Waals surface area contributed by atoms with Gasteiger partial charge in [-0.1, -0.05) is 0 Å². The van der Waals surface area contributed by atoms with Crippen molar-refractivity contribution in [2.24, 2.45) is 5.73 Å². The van der Waals surface area contributed by atoms with Crippen molar-refractivity contribution >= 4 is 28.3 Å². The van der Waals surface area contributed by atoms with Crippen LogP contribution in [0.4, 0.5) is 5.69 Å². The molecular formula is C8H9IN2O2. The van der Waals surface area contributed by atoms with Gasteiger partial charge >= 0.3 is 0 Å². The maximum atomic E-state index is 10.6. The number of nitro groups is 1. The summed E-state index contributed by atoms with van der Waals surface area (Å²) >= 11 is 2.07. The van der Waals surface area contributed by atoms with Crippen LogP contribution in [0.3, 0.4) is 0 Å². The number of nitrogens with two attached hydrogens (primary N) is 1. The normalized spacial score (nSPS) is 10.1. The summed E-state index contributed by atoms with van der Waals surface area (Å²) in [6.07, 6.45) is 0. The number of benzene rings is 1. The third kappa shape index (κ3) is 2.16. The molecule has 1 rings (SSSR count). The number of hydrogen-bond donors (Lipinski definition) is 1. The van der Waals surface area contributed by atoms with E-state index >= 15 is 0 Å². The highest BCUT2D eigenvalue weighted by Crippen LogP contribution is 2.23. The molecule has 1 aromatic rings. The van der Waals surface area contributed by atoms with Gasteiger partial charge in [-0.05, 0) is 41.1 Å². The molecule has 70 valence electrons. The molecule has 0 unspecified atom stereocenters. The fourth-order valence-corrected chi connectivity index (χ4v) is 1.51. The van der Waals surface area contributed by atoms with E-state index in [1.165, 1.54) is 0 Å². The van der Waals surface area contributed by atoms with Crippen LogP contribution in [0.2, 0.25) is 0 Å². The van der Waals surface area contributed by atoms with Crippen molar-refractivity contribution < 1.29 is 4.92 Å². The van der Waals surface area contributed by atoms with E-state index in [1.54, 1.807) is 12.1 Å². The zero-order chi connectivity index (χ0) is 10.0. The Balaban J connectivity index is 3.33.